The van der Waals surface area contributed by atoms with Crippen molar-refractivity contribution in [2.75, 3.05) is 24.0 Å². The maximum absolute atomic E-state index is 13.5. The zero-order valence-electron chi connectivity index (χ0n) is 21.4. The van der Waals surface area contributed by atoms with E-state index in [1.165, 1.54) is 5.01 Å². The molecule has 8 nitrogen and oxygen atoms in total. The van der Waals surface area contributed by atoms with Crippen LogP contribution in [-0.4, -0.2) is 34.3 Å². The number of allylic oxidation sites excluding steroid dienone is 2. The van der Waals surface area contributed by atoms with E-state index in [-0.39, 0.29) is 22.6 Å². The highest BCUT2D eigenvalue weighted by molar-refractivity contribution is 7.92. The van der Waals surface area contributed by atoms with E-state index in [0.29, 0.717) is 29.3 Å². The predicted octanol–water partition coefficient (Wildman–Crippen LogP) is 5.15. The van der Waals surface area contributed by atoms with Crippen LogP contribution in [0.25, 0.3) is 0 Å². The van der Waals surface area contributed by atoms with Crippen LogP contribution in [0.4, 0.5) is 11.4 Å². The zero-order valence-corrected chi connectivity index (χ0v) is 22.2. The van der Waals surface area contributed by atoms with Gasteiger partial charge in [-0.05, 0) is 74.4 Å². The topological polar surface area (TPSA) is 97.3 Å². The fourth-order valence-electron chi connectivity index (χ4n) is 4.83. The number of hydrazone groups is 1. The van der Waals surface area contributed by atoms with Crippen molar-refractivity contribution in [3.05, 3.63) is 90.0 Å². The standard InChI is InChI=1S/C29H29N3O5S/c1-19-8-15-23(16-9-19)38(34,35)31-21-11-13-22(14-12-21)32-29(33)25-7-5-4-6-24(25)28(30-32)20-10-17-26(36-2)27(18-20)37-3/h4-5,8-18,24-25,31H,6-7H2,1-3H3/t24-,25+/m1/s1. The molecule has 1 amide bonds. The van der Waals surface area contributed by atoms with Crippen molar-refractivity contribution in [1.82, 2.24) is 0 Å². The van der Waals surface area contributed by atoms with Crippen molar-refractivity contribution in [2.24, 2.45) is 16.9 Å². The molecule has 1 aliphatic heterocycles. The highest BCUT2D eigenvalue weighted by Gasteiger charge is 2.40. The lowest BCUT2D eigenvalue weighted by Gasteiger charge is -2.37. The zero-order chi connectivity index (χ0) is 26.9. The van der Waals surface area contributed by atoms with Gasteiger partial charge in [-0.1, -0.05) is 29.8 Å². The van der Waals surface area contributed by atoms with Gasteiger partial charge in [0.15, 0.2) is 11.5 Å². The van der Waals surface area contributed by atoms with Gasteiger partial charge in [-0.25, -0.2) is 13.4 Å². The normalized spacial score (nSPS) is 19.0. The largest absolute Gasteiger partial charge is 0.493 e. The number of carbonyl (C=O) groups is 1. The first-order valence-electron chi connectivity index (χ1n) is 12.3. The van der Waals surface area contributed by atoms with Crippen LogP contribution in [-0.2, 0) is 14.8 Å². The van der Waals surface area contributed by atoms with Crippen LogP contribution < -0.4 is 19.2 Å². The molecule has 0 bridgehead atoms. The number of amides is 1. The molecule has 0 unspecified atom stereocenters. The number of hydrogen-bond donors (Lipinski definition) is 1. The number of nitrogens with one attached hydrogen (secondary N) is 1. The van der Waals surface area contributed by atoms with Gasteiger partial charge in [0.25, 0.3) is 15.9 Å². The first kappa shape index (κ1) is 25.5. The number of fused-ring (bicyclic) bond motifs is 1. The molecule has 3 aromatic carbocycles. The third kappa shape index (κ3) is 4.89. The summed E-state index contributed by atoms with van der Waals surface area (Å²) in [7, 11) is -0.569. The van der Waals surface area contributed by atoms with Crippen molar-refractivity contribution in [3.63, 3.8) is 0 Å². The van der Waals surface area contributed by atoms with Crippen LogP contribution in [0, 0.1) is 18.8 Å². The number of sulfonamides is 1. The molecule has 1 heterocycles. The third-order valence-corrected chi connectivity index (χ3v) is 8.29. The predicted molar refractivity (Wildman–Crippen MR) is 147 cm³/mol. The van der Waals surface area contributed by atoms with Crippen LogP contribution in [0.5, 0.6) is 11.5 Å². The highest BCUT2D eigenvalue weighted by Crippen LogP contribution is 2.38. The van der Waals surface area contributed by atoms with Gasteiger partial charge in [0.1, 0.15) is 0 Å². The number of hydrogen-bond acceptors (Lipinski definition) is 6. The Morgan fingerprint density at radius 3 is 2.18 bits per heavy atom. The van der Waals surface area contributed by atoms with Crippen molar-refractivity contribution in [3.8, 4) is 11.5 Å². The average Bonchev–Trinajstić information content (AvgIpc) is 2.93. The van der Waals surface area contributed by atoms with Crippen LogP contribution >= 0.6 is 0 Å². The van der Waals surface area contributed by atoms with E-state index >= 15 is 0 Å². The van der Waals surface area contributed by atoms with Gasteiger partial charge >= 0.3 is 0 Å². The highest BCUT2D eigenvalue weighted by atomic mass is 32.2. The van der Waals surface area contributed by atoms with E-state index in [1.54, 1.807) is 62.8 Å². The monoisotopic (exact) mass is 531 g/mol. The van der Waals surface area contributed by atoms with Crippen LogP contribution in [0.3, 0.4) is 0 Å². The molecule has 0 saturated carbocycles. The number of anilines is 2. The van der Waals surface area contributed by atoms with Gasteiger partial charge in [0.05, 0.1) is 36.4 Å². The lowest BCUT2D eigenvalue weighted by atomic mass is 9.76. The van der Waals surface area contributed by atoms with Gasteiger partial charge in [0, 0.05) is 17.2 Å². The molecule has 0 aromatic heterocycles. The average molecular weight is 532 g/mol. The molecule has 9 heteroatoms. The molecule has 196 valence electrons. The minimum atomic E-state index is -3.74. The summed E-state index contributed by atoms with van der Waals surface area (Å²) in [5.74, 6) is 0.813. The van der Waals surface area contributed by atoms with Gasteiger partial charge < -0.3 is 9.47 Å². The molecule has 38 heavy (non-hydrogen) atoms. The number of nitrogens with zero attached hydrogens (tertiary/aromatic N) is 2. The van der Waals surface area contributed by atoms with Gasteiger partial charge in [-0.3, -0.25) is 9.52 Å². The Morgan fingerprint density at radius 1 is 0.868 bits per heavy atom. The number of aryl methyl sites for hydroxylation is 1. The summed E-state index contributed by atoms with van der Waals surface area (Å²) in [6.07, 6.45) is 5.48. The maximum Gasteiger partial charge on any atom is 0.261 e. The van der Waals surface area contributed by atoms with Crippen LogP contribution in [0.1, 0.15) is 24.0 Å². The first-order valence-corrected chi connectivity index (χ1v) is 13.8. The van der Waals surface area contributed by atoms with E-state index in [4.69, 9.17) is 14.6 Å². The SMILES string of the molecule is COc1ccc(C2=NN(c3ccc(NS(=O)(=O)c4ccc(C)cc4)cc3)C(=O)[C@H]3CC=CC[C@@H]23)cc1OC. The summed E-state index contributed by atoms with van der Waals surface area (Å²) in [5, 5.41) is 6.23. The molecule has 2 aliphatic rings. The number of ether oxygens (including phenoxy) is 2. The molecule has 1 N–H and O–H groups in total. The van der Waals surface area contributed by atoms with Crippen molar-refractivity contribution >= 4 is 33.0 Å². The molecular weight excluding hydrogens is 502 g/mol. The Morgan fingerprint density at radius 2 is 1.53 bits per heavy atom. The second-order valence-electron chi connectivity index (χ2n) is 9.33. The Kier molecular flexibility index (Phi) is 6.94. The summed E-state index contributed by atoms with van der Waals surface area (Å²) in [4.78, 5) is 13.7. The molecular formula is C29H29N3O5S. The Hall–Kier alpha value is -4.11. The van der Waals surface area contributed by atoms with Crippen molar-refractivity contribution < 1.29 is 22.7 Å². The molecule has 0 fully saturated rings. The summed E-state index contributed by atoms with van der Waals surface area (Å²) in [5.41, 5.74) is 3.57. The number of benzene rings is 3. The second kappa shape index (κ2) is 10.3. The Bertz CT molecular complexity index is 1510. The fraction of sp³-hybridized carbons (Fsp3) is 0.241. The van der Waals surface area contributed by atoms with E-state index in [0.717, 1.165) is 23.3 Å². The van der Waals surface area contributed by atoms with E-state index < -0.39 is 10.0 Å². The van der Waals surface area contributed by atoms with Gasteiger partial charge in [0.2, 0.25) is 0 Å². The Balaban J connectivity index is 1.47. The van der Waals surface area contributed by atoms with Gasteiger partial charge in [-0.15, -0.1) is 0 Å². The number of rotatable bonds is 7. The summed E-state index contributed by atoms with van der Waals surface area (Å²) < 4.78 is 39.0. The maximum atomic E-state index is 13.5. The lowest BCUT2D eigenvalue weighted by molar-refractivity contribution is -0.123. The van der Waals surface area contributed by atoms with Crippen molar-refractivity contribution in [1.29, 1.82) is 0 Å². The van der Waals surface area contributed by atoms with Crippen LogP contribution in [0.2, 0.25) is 0 Å². The molecule has 0 radical (unpaired) electrons. The first-order chi connectivity index (χ1) is 18.3. The fourth-order valence-corrected chi connectivity index (χ4v) is 5.89. The Labute approximate surface area is 222 Å². The third-order valence-electron chi connectivity index (χ3n) is 6.89. The van der Waals surface area contributed by atoms with E-state index in [2.05, 4.69) is 10.8 Å². The van der Waals surface area contributed by atoms with Crippen molar-refractivity contribution in [2.45, 2.75) is 24.7 Å². The molecule has 3 aromatic rings. The van der Waals surface area contributed by atoms with E-state index in [9.17, 15) is 13.2 Å². The number of methoxy groups -OCH3 is 2. The lowest BCUT2D eigenvalue weighted by Crippen LogP contribution is -2.45. The summed E-state index contributed by atoms with van der Waals surface area (Å²) in [6.45, 7) is 1.90. The van der Waals surface area contributed by atoms with Gasteiger partial charge in [-0.2, -0.15) is 5.10 Å². The summed E-state index contributed by atoms with van der Waals surface area (Å²) in [6, 6.07) is 18.9. The molecule has 0 spiro atoms. The van der Waals surface area contributed by atoms with Crippen LogP contribution in [0.15, 0.2) is 88.9 Å². The molecule has 0 saturated heterocycles. The molecule has 2 atom stereocenters. The minimum Gasteiger partial charge on any atom is -0.493 e. The summed E-state index contributed by atoms with van der Waals surface area (Å²) >= 11 is 0. The van der Waals surface area contributed by atoms with E-state index in [1.807, 2.05) is 31.2 Å². The number of carbonyl (C=O) groups excluding carboxylic acids is 1. The minimum absolute atomic E-state index is 0.0533. The quantitative estimate of drug-likeness (QED) is 0.426. The molecule has 1 aliphatic carbocycles. The second-order valence-corrected chi connectivity index (χ2v) is 11.0. The molecule has 5 rings (SSSR count). The smallest absolute Gasteiger partial charge is 0.261 e.